The number of ether oxygens (including phenoxy) is 2. The predicted octanol–water partition coefficient (Wildman–Crippen LogP) is 4.50. The van der Waals surface area contributed by atoms with Gasteiger partial charge in [0.2, 0.25) is 11.8 Å². The lowest BCUT2D eigenvalue weighted by Crippen LogP contribution is -2.24. The van der Waals surface area contributed by atoms with Crippen LogP contribution in [0, 0.1) is 0 Å². The maximum absolute atomic E-state index is 12.9. The number of benzene rings is 2. The number of aromatic nitrogens is 1. The Morgan fingerprint density at radius 1 is 1.08 bits per heavy atom. The molecule has 0 aliphatic rings. The van der Waals surface area contributed by atoms with Crippen LogP contribution in [0.25, 0.3) is 17.0 Å². The summed E-state index contributed by atoms with van der Waals surface area (Å²) in [6, 6.07) is 11.0. The minimum absolute atomic E-state index is 0.0436. The molecule has 0 radical (unpaired) electrons. The monoisotopic (exact) mass is 505 g/mol. The molecule has 2 amide bonds. The molecule has 1 unspecified atom stereocenters. The molecular formula is C29H35N3O5. The van der Waals surface area contributed by atoms with Crippen LogP contribution in [0.3, 0.4) is 0 Å². The van der Waals surface area contributed by atoms with Crippen LogP contribution in [0.15, 0.2) is 48.2 Å². The molecule has 0 aliphatic carbocycles. The summed E-state index contributed by atoms with van der Waals surface area (Å²) in [6.07, 6.45) is 4.83. The summed E-state index contributed by atoms with van der Waals surface area (Å²) in [6.45, 7) is 4.43. The van der Waals surface area contributed by atoms with Crippen LogP contribution >= 0.6 is 0 Å². The number of esters is 1. The lowest BCUT2D eigenvalue weighted by molar-refractivity contribution is -0.128. The summed E-state index contributed by atoms with van der Waals surface area (Å²) in [4.78, 5) is 42.2. The predicted molar refractivity (Wildman–Crippen MR) is 145 cm³/mol. The third kappa shape index (κ3) is 6.39. The van der Waals surface area contributed by atoms with Gasteiger partial charge in [0.25, 0.3) is 0 Å². The van der Waals surface area contributed by atoms with Crippen molar-refractivity contribution in [3.63, 3.8) is 0 Å². The van der Waals surface area contributed by atoms with Crippen molar-refractivity contribution in [2.24, 2.45) is 0 Å². The zero-order chi connectivity index (χ0) is 27.1. The Bertz CT molecular complexity index is 1320. The van der Waals surface area contributed by atoms with E-state index in [2.05, 4.69) is 10.3 Å². The van der Waals surface area contributed by atoms with Gasteiger partial charge in [0.05, 0.1) is 19.8 Å². The fourth-order valence-electron chi connectivity index (χ4n) is 4.22. The van der Waals surface area contributed by atoms with E-state index in [1.807, 2.05) is 43.5 Å². The van der Waals surface area contributed by atoms with Gasteiger partial charge in [-0.1, -0.05) is 19.1 Å². The zero-order valence-corrected chi connectivity index (χ0v) is 22.3. The van der Waals surface area contributed by atoms with Gasteiger partial charge in [-0.2, -0.15) is 0 Å². The van der Waals surface area contributed by atoms with Crippen molar-refractivity contribution in [2.45, 2.75) is 32.6 Å². The van der Waals surface area contributed by atoms with Crippen LogP contribution < -0.4 is 10.1 Å². The molecule has 0 saturated heterocycles. The van der Waals surface area contributed by atoms with Crippen LogP contribution in [0.5, 0.6) is 5.75 Å². The van der Waals surface area contributed by atoms with Crippen LogP contribution in [0.2, 0.25) is 0 Å². The van der Waals surface area contributed by atoms with Crippen molar-refractivity contribution >= 4 is 34.8 Å². The van der Waals surface area contributed by atoms with Crippen molar-refractivity contribution in [2.75, 3.05) is 34.9 Å². The number of amides is 2. The Morgan fingerprint density at radius 3 is 2.49 bits per heavy atom. The van der Waals surface area contributed by atoms with Crippen LogP contribution in [-0.4, -0.2) is 62.5 Å². The van der Waals surface area contributed by atoms with Crippen LogP contribution in [0.1, 0.15) is 59.7 Å². The molecule has 0 spiro atoms. The molecule has 3 rings (SSSR count). The van der Waals surface area contributed by atoms with Gasteiger partial charge in [-0.25, -0.2) is 4.79 Å². The van der Waals surface area contributed by atoms with Gasteiger partial charge in [-0.3, -0.25) is 9.59 Å². The Morgan fingerprint density at radius 2 is 1.84 bits per heavy atom. The average Bonchev–Trinajstić information content (AvgIpc) is 3.32. The first-order valence-electron chi connectivity index (χ1n) is 12.2. The first-order chi connectivity index (χ1) is 17.7. The van der Waals surface area contributed by atoms with E-state index in [-0.39, 0.29) is 24.2 Å². The molecule has 0 bridgehead atoms. The first kappa shape index (κ1) is 27.5. The quantitative estimate of drug-likeness (QED) is 0.312. The summed E-state index contributed by atoms with van der Waals surface area (Å²) in [7, 11) is 6.31. The molecule has 1 aromatic heterocycles. The Hall–Kier alpha value is -4.07. The molecule has 1 heterocycles. The van der Waals surface area contributed by atoms with Gasteiger partial charge >= 0.3 is 5.97 Å². The summed E-state index contributed by atoms with van der Waals surface area (Å²) in [5.74, 6) is -0.460. The number of aromatic amines is 1. The second-order valence-corrected chi connectivity index (χ2v) is 9.13. The Balaban J connectivity index is 2.12. The SMILES string of the molecule is CCCNC(=O)/C(C)=C/c1ccc2[nH]cc(C(CC(=O)N(C)C)c3ccc(C(=O)OC)cc3OC)c2c1. The summed E-state index contributed by atoms with van der Waals surface area (Å²) >= 11 is 0. The molecular weight excluding hydrogens is 470 g/mol. The Kier molecular flexibility index (Phi) is 9.11. The number of nitrogens with one attached hydrogen (secondary N) is 2. The number of rotatable bonds is 10. The summed E-state index contributed by atoms with van der Waals surface area (Å²) in [5, 5.41) is 3.83. The largest absolute Gasteiger partial charge is 0.496 e. The number of hydrogen-bond acceptors (Lipinski definition) is 5. The second-order valence-electron chi connectivity index (χ2n) is 9.13. The molecule has 0 fully saturated rings. The van der Waals surface area contributed by atoms with E-state index in [0.717, 1.165) is 34.0 Å². The molecule has 37 heavy (non-hydrogen) atoms. The Labute approximate surface area is 217 Å². The highest BCUT2D eigenvalue weighted by Crippen LogP contribution is 2.39. The van der Waals surface area contributed by atoms with E-state index in [1.54, 1.807) is 38.1 Å². The van der Waals surface area contributed by atoms with Gasteiger partial charge in [0, 0.05) is 61.2 Å². The van der Waals surface area contributed by atoms with Crippen LogP contribution in [-0.2, 0) is 14.3 Å². The molecule has 196 valence electrons. The van der Waals surface area contributed by atoms with E-state index in [4.69, 9.17) is 9.47 Å². The van der Waals surface area contributed by atoms with Crippen molar-refractivity contribution in [3.05, 3.63) is 70.4 Å². The fraction of sp³-hybridized carbons (Fsp3) is 0.345. The highest BCUT2D eigenvalue weighted by Gasteiger charge is 2.26. The van der Waals surface area contributed by atoms with Gasteiger partial charge in [0.1, 0.15) is 5.75 Å². The van der Waals surface area contributed by atoms with E-state index in [0.29, 0.717) is 23.4 Å². The van der Waals surface area contributed by atoms with Gasteiger partial charge < -0.3 is 24.7 Å². The molecule has 8 heteroatoms. The number of fused-ring (bicyclic) bond motifs is 1. The van der Waals surface area contributed by atoms with Crippen molar-refractivity contribution in [1.29, 1.82) is 0 Å². The smallest absolute Gasteiger partial charge is 0.337 e. The number of nitrogens with zero attached hydrogens (tertiary/aromatic N) is 1. The van der Waals surface area contributed by atoms with E-state index >= 15 is 0 Å². The lowest BCUT2D eigenvalue weighted by atomic mass is 9.86. The molecule has 1 atom stereocenters. The van der Waals surface area contributed by atoms with Crippen LogP contribution in [0.4, 0.5) is 0 Å². The highest BCUT2D eigenvalue weighted by molar-refractivity contribution is 5.98. The standard InChI is InChI=1S/C29H35N3O5/c1-7-12-30-28(34)18(2)13-19-8-11-25-23(14-19)24(17-31-25)22(16-27(33)32(3)4)21-10-9-20(29(35)37-6)15-26(21)36-5/h8-11,13-15,17,22,31H,7,12,16H2,1-6H3,(H,30,34)/b18-13+. The van der Waals surface area contributed by atoms with Crippen molar-refractivity contribution < 1.29 is 23.9 Å². The first-order valence-corrected chi connectivity index (χ1v) is 12.2. The maximum atomic E-state index is 12.9. The third-order valence-electron chi connectivity index (χ3n) is 6.30. The number of H-pyrrole nitrogens is 1. The second kappa shape index (κ2) is 12.3. The maximum Gasteiger partial charge on any atom is 0.337 e. The minimum atomic E-state index is -0.465. The average molecular weight is 506 g/mol. The van der Waals surface area contributed by atoms with E-state index in [1.165, 1.54) is 14.2 Å². The number of methoxy groups -OCH3 is 2. The van der Waals surface area contributed by atoms with Crippen molar-refractivity contribution in [1.82, 2.24) is 15.2 Å². The molecule has 0 saturated carbocycles. The van der Waals surface area contributed by atoms with E-state index in [9.17, 15) is 14.4 Å². The number of hydrogen-bond donors (Lipinski definition) is 2. The van der Waals surface area contributed by atoms with Gasteiger partial charge in [-0.05, 0) is 54.8 Å². The van der Waals surface area contributed by atoms with Crippen molar-refractivity contribution in [3.8, 4) is 5.75 Å². The zero-order valence-electron chi connectivity index (χ0n) is 22.3. The highest BCUT2D eigenvalue weighted by atomic mass is 16.5. The van der Waals surface area contributed by atoms with Gasteiger partial charge in [-0.15, -0.1) is 0 Å². The normalized spacial score (nSPS) is 12.2. The van der Waals surface area contributed by atoms with Gasteiger partial charge in [0.15, 0.2) is 0 Å². The molecule has 0 aliphatic heterocycles. The van der Waals surface area contributed by atoms with E-state index < -0.39 is 5.97 Å². The minimum Gasteiger partial charge on any atom is -0.496 e. The summed E-state index contributed by atoms with van der Waals surface area (Å²) < 4.78 is 10.5. The topological polar surface area (TPSA) is 101 Å². The molecule has 2 N–H and O–H groups in total. The third-order valence-corrected chi connectivity index (χ3v) is 6.30. The molecule has 2 aromatic carbocycles. The lowest BCUT2D eigenvalue weighted by Gasteiger charge is -2.22. The number of carbonyl (C=O) groups excluding carboxylic acids is 3. The number of carbonyl (C=O) groups is 3. The molecule has 3 aromatic rings. The fourth-order valence-corrected chi connectivity index (χ4v) is 4.22. The molecule has 8 nitrogen and oxygen atoms in total. The summed E-state index contributed by atoms with van der Waals surface area (Å²) in [5.41, 5.74) is 4.46.